The van der Waals surface area contributed by atoms with Gasteiger partial charge in [-0.15, -0.1) is 0 Å². The average Bonchev–Trinajstić information content (AvgIpc) is 2.41. The molecule has 1 aliphatic rings. The maximum Gasteiger partial charge on any atom is 0.332 e. The minimum Gasteiger partial charge on any atom is -0.381 e. The summed E-state index contributed by atoms with van der Waals surface area (Å²) in [6.45, 7) is 5.75. The van der Waals surface area contributed by atoms with Crippen LogP contribution >= 0.6 is 0 Å². The minimum atomic E-state index is -0.448. The van der Waals surface area contributed by atoms with E-state index in [4.69, 9.17) is 4.74 Å². The monoisotopic (exact) mass is 295 g/mol. The molecule has 2 atom stereocenters. The van der Waals surface area contributed by atoms with Gasteiger partial charge in [0.1, 0.15) is 5.69 Å². The first-order chi connectivity index (χ1) is 9.81. The third-order valence-electron chi connectivity index (χ3n) is 4.24. The smallest absolute Gasteiger partial charge is 0.332 e. The maximum atomic E-state index is 11.3. The number of hydrogen-bond donors (Lipinski definition) is 2. The van der Waals surface area contributed by atoms with Gasteiger partial charge < -0.3 is 15.4 Å². The molecule has 116 valence electrons. The number of nitrogens with one attached hydrogen (secondary N) is 2. The van der Waals surface area contributed by atoms with Crippen LogP contribution in [0, 0.1) is 22.5 Å². The van der Waals surface area contributed by atoms with Crippen molar-refractivity contribution in [2.24, 2.45) is 5.41 Å². The molecule has 2 unspecified atom stereocenters. The maximum absolute atomic E-state index is 11.3. The lowest BCUT2D eigenvalue weighted by Gasteiger charge is -2.51. The van der Waals surface area contributed by atoms with Crippen molar-refractivity contribution in [2.45, 2.75) is 39.3 Å². The molecule has 1 aromatic rings. The molecular weight excluding hydrogens is 274 g/mol. The highest BCUT2D eigenvalue weighted by atomic mass is 16.6. The second-order valence-electron chi connectivity index (χ2n) is 5.82. The Hall–Kier alpha value is -1.96. The number of aromatic nitrogens is 2. The van der Waals surface area contributed by atoms with Crippen LogP contribution in [0.5, 0.6) is 0 Å². The molecule has 0 bridgehead atoms. The molecule has 1 saturated carbocycles. The van der Waals surface area contributed by atoms with Gasteiger partial charge in [0.25, 0.3) is 0 Å². The van der Waals surface area contributed by atoms with E-state index < -0.39 is 4.92 Å². The van der Waals surface area contributed by atoms with Crippen molar-refractivity contribution >= 4 is 17.5 Å². The van der Waals surface area contributed by atoms with Crippen LogP contribution in [0.2, 0.25) is 0 Å². The summed E-state index contributed by atoms with van der Waals surface area (Å²) in [4.78, 5) is 19.1. The number of methoxy groups -OCH3 is 1. The van der Waals surface area contributed by atoms with Crippen molar-refractivity contribution in [1.82, 2.24) is 9.97 Å². The van der Waals surface area contributed by atoms with Crippen molar-refractivity contribution in [3.8, 4) is 0 Å². The van der Waals surface area contributed by atoms with Gasteiger partial charge in [-0.25, -0.2) is 4.98 Å². The Balaban J connectivity index is 2.31. The van der Waals surface area contributed by atoms with Crippen molar-refractivity contribution in [3.63, 3.8) is 0 Å². The average molecular weight is 295 g/mol. The zero-order valence-corrected chi connectivity index (χ0v) is 12.9. The summed E-state index contributed by atoms with van der Waals surface area (Å²) in [7, 11) is 3.36. The molecule has 1 aliphatic carbocycles. The largest absolute Gasteiger partial charge is 0.381 e. The molecule has 0 saturated heterocycles. The molecular formula is C13H21N5O3. The summed E-state index contributed by atoms with van der Waals surface area (Å²) >= 11 is 0. The Kier molecular flexibility index (Phi) is 3.99. The fourth-order valence-electron chi connectivity index (χ4n) is 2.69. The number of hydrogen-bond acceptors (Lipinski definition) is 7. The second-order valence-corrected chi connectivity index (χ2v) is 5.82. The van der Waals surface area contributed by atoms with Crippen LogP contribution in [-0.4, -0.2) is 41.2 Å². The molecule has 2 rings (SSSR count). The van der Waals surface area contributed by atoms with E-state index in [1.54, 1.807) is 21.1 Å². The number of aryl methyl sites for hydroxylation is 1. The molecule has 0 aromatic carbocycles. The topological polar surface area (TPSA) is 102 Å². The predicted octanol–water partition coefficient (Wildman–Crippen LogP) is 1.96. The van der Waals surface area contributed by atoms with Crippen LogP contribution < -0.4 is 10.6 Å². The summed E-state index contributed by atoms with van der Waals surface area (Å²) in [5.74, 6) is 0.616. The van der Waals surface area contributed by atoms with E-state index >= 15 is 0 Å². The van der Waals surface area contributed by atoms with Gasteiger partial charge in [0.2, 0.25) is 11.8 Å². The molecule has 8 heteroatoms. The zero-order valence-electron chi connectivity index (χ0n) is 12.9. The number of nitrogens with zero attached hydrogens (tertiary/aromatic N) is 3. The molecule has 0 radical (unpaired) electrons. The van der Waals surface area contributed by atoms with Crippen LogP contribution in [0.15, 0.2) is 0 Å². The van der Waals surface area contributed by atoms with E-state index in [1.165, 1.54) is 0 Å². The van der Waals surface area contributed by atoms with Gasteiger partial charge in [-0.1, -0.05) is 13.8 Å². The first-order valence-corrected chi connectivity index (χ1v) is 6.81. The first-order valence-electron chi connectivity index (χ1n) is 6.81. The van der Waals surface area contributed by atoms with Gasteiger partial charge in [0.05, 0.1) is 11.0 Å². The van der Waals surface area contributed by atoms with Crippen molar-refractivity contribution in [1.29, 1.82) is 0 Å². The van der Waals surface area contributed by atoms with Crippen LogP contribution in [0.25, 0.3) is 0 Å². The molecule has 0 amide bonds. The van der Waals surface area contributed by atoms with Gasteiger partial charge in [0, 0.05) is 25.6 Å². The number of nitro groups is 1. The molecule has 2 N–H and O–H groups in total. The van der Waals surface area contributed by atoms with Crippen LogP contribution in [0.3, 0.4) is 0 Å². The van der Waals surface area contributed by atoms with Gasteiger partial charge in [0.15, 0.2) is 0 Å². The van der Waals surface area contributed by atoms with E-state index in [2.05, 4.69) is 34.4 Å². The van der Waals surface area contributed by atoms with E-state index in [1.807, 2.05) is 0 Å². The summed E-state index contributed by atoms with van der Waals surface area (Å²) in [5, 5.41) is 17.3. The van der Waals surface area contributed by atoms with Gasteiger partial charge in [-0.3, -0.25) is 10.1 Å². The Morgan fingerprint density at radius 1 is 1.43 bits per heavy atom. The van der Waals surface area contributed by atoms with Crippen LogP contribution in [-0.2, 0) is 4.74 Å². The fourth-order valence-corrected chi connectivity index (χ4v) is 2.69. The molecule has 8 nitrogen and oxygen atoms in total. The Bertz CT molecular complexity index is 561. The summed E-state index contributed by atoms with van der Waals surface area (Å²) in [6, 6.07) is 0.0696. The first kappa shape index (κ1) is 15.4. The third kappa shape index (κ3) is 2.63. The fraction of sp³-hybridized carbons (Fsp3) is 0.692. The molecule has 21 heavy (non-hydrogen) atoms. The Labute approximate surface area is 123 Å². The van der Waals surface area contributed by atoms with Crippen molar-refractivity contribution in [3.05, 3.63) is 15.8 Å². The van der Waals surface area contributed by atoms with Crippen LogP contribution in [0.1, 0.15) is 26.0 Å². The standard InChI is InChI=1S/C13H21N5O3/c1-7-10(18(19)20)11(17-12(14-4)15-7)16-8-6-9(21-5)13(8,2)3/h8-9H,6H2,1-5H3,(H2,14,15,16,17). The second kappa shape index (κ2) is 5.44. The predicted molar refractivity (Wildman–Crippen MR) is 79.6 cm³/mol. The summed E-state index contributed by atoms with van der Waals surface area (Å²) in [6.07, 6.45) is 0.930. The Morgan fingerprint density at radius 3 is 2.57 bits per heavy atom. The Morgan fingerprint density at radius 2 is 2.10 bits per heavy atom. The lowest BCUT2D eigenvalue weighted by molar-refractivity contribution is -0.385. The number of anilines is 2. The van der Waals surface area contributed by atoms with E-state index in [0.29, 0.717) is 11.6 Å². The molecule has 0 aliphatic heterocycles. The van der Waals surface area contributed by atoms with E-state index in [-0.39, 0.29) is 29.1 Å². The lowest BCUT2D eigenvalue weighted by atomic mass is 9.64. The zero-order chi connectivity index (χ0) is 15.8. The highest BCUT2D eigenvalue weighted by Gasteiger charge is 2.49. The normalized spacial score (nSPS) is 23.3. The van der Waals surface area contributed by atoms with E-state index in [0.717, 1.165) is 6.42 Å². The van der Waals surface area contributed by atoms with Gasteiger partial charge in [-0.2, -0.15) is 4.98 Å². The molecule has 1 aromatic heterocycles. The number of ether oxygens (including phenoxy) is 1. The highest BCUT2D eigenvalue weighted by molar-refractivity contribution is 5.61. The van der Waals surface area contributed by atoms with Crippen LogP contribution in [0.4, 0.5) is 17.5 Å². The quantitative estimate of drug-likeness (QED) is 0.632. The summed E-state index contributed by atoms with van der Waals surface area (Å²) in [5.41, 5.74) is 0.148. The third-order valence-corrected chi connectivity index (χ3v) is 4.24. The molecule has 1 fully saturated rings. The van der Waals surface area contributed by atoms with Crippen molar-refractivity contribution < 1.29 is 9.66 Å². The van der Waals surface area contributed by atoms with Gasteiger partial charge in [-0.05, 0) is 13.3 Å². The van der Waals surface area contributed by atoms with Crippen molar-refractivity contribution in [2.75, 3.05) is 24.8 Å². The van der Waals surface area contributed by atoms with Gasteiger partial charge >= 0.3 is 5.69 Å². The SMILES string of the molecule is CNc1nc(C)c([N+](=O)[O-])c(NC2CC(OC)C2(C)C)n1. The number of rotatable bonds is 5. The summed E-state index contributed by atoms with van der Waals surface area (Å²) < 4.78 is 5.40. The minimum absolute atomic E-state index is 0.0696. The van der Waals surface area contributed by atoms with E-state index in [9.17, 15) is 10.1 Å². The lowest BCUT2D eigenvalue weighted by Crippen LogP contribution is -2.57. The highest BCUT2D eigenvalue weighted by Crippen LogP contribution is 2.44. The molecule has 1 heterocycles. The molecule has 0 spiro atoms.